The summed E-state index contributed by atoms with van der Waals surface area (Å²) in [4.78, 5) is 27.3. The lowest BCUT2D eigenvalue weighted by atomic mass is 10.0. The Bertz CT molecular complexity index is 597. The van der Waals surface area contributed by atoms with E-state index in [0.717, 1.165) is 31.4 Å². The second-order valence-corrected chi connectivity index (χ2v) is 6.36. The maximum absolute atomic E-state index is 12.7. The number of nitro groups is 1. The van der Waals surface area contributed by atoms with E-state index >= 15 is 0 Å². The lowest BCUT2D eigenvalue weighted by Crippen LogP contribution is -2.46. The van der Waals surface area contributed by atoms with Crippen LogP contribution in [-0.4, -0.2) is 65.1 Å². The van der Waals surface area contributed by atoms with Crippen molar-refractivity contribution in [1.82, 2.24) is 9.80 Å². The molecule has 1 aliphatic heterocycles. The second-order valence-electron chi connectivity index (χ2n) is 6.36. The topological polar surface area (TPSA) is 86.9 Å². The van der Waals surface area contributed by atoms with Crippen molar-refractivity contribution in [3.8, 4) is 0 Å². The van der Waals surface area contributed by atoms with E-state index < -0.39 is 4.92 Å². The molecule has 0 aromatic heterocycles. The first kappa shape index (κ1) is 18.4. The fraction of sp³-hybridized carbons (Fsp3) is 0.588. The van der Waals surface area contributed by atoms with Crippen molar-refractivity contribution < 1.29 is 14.8 Å². The van der Waals surface area contributed by atoms with Crippen LogP contribution in [0.15, 0.2) is 18.2 Å². The molecule has 0 atom stereocenters. The van der Waals surface area contributed by atoms with Gasteiger partial charge in [-0.25, -0.2) is 0 Å². The third kappa shape index (κ3) is 4.30. The van der Waals surface area contributed by atoms with Crippen LogP contribution in [0.3, 0.4) is 0 Å². The number of piperidine rings is 1. The Hall–Kier alpha value is -1.99. The van der Waals surface area contributed by atoms with Crippen molar-refractivity contribution in [3.63, 3.8) is 0 Å². The molecule has 0 spiro atoms. The quantitative estimate of drug-likeness (QED) is 0.633. The van der Waals surface area contributed by atoms with E-state index in [4.69, 9.17) is 5.11 Å². The van der Waals surface area contributed by atoms with Gasteiger partial charge in [-0.15, -0.1) is 0 Å². The van der Waals surface area contributed by atoms with Crippen LogP contribution in [-0.2, 0) is 0 Å². The predicted octanol–water partition coefficient (Wildman–Crippen LogP) is 1.82. The summed E-state index contributed by atoms with van der Waals surface area (Å²) in [6.07, 6.45) is 2.42. The standard InChI is InChI=1S/C17H25N3O4/c1-13-4-5-16(20(23)24)15(12-13)17(22)19-9-6-14(7-10-19)18(2)8-3-11-21/h4-5,12,14,21H,3,6-11H2,1-2H3. The number of benzene rings is 1. The molecule has 1 saturated heterocycles. The van der Waals surface area contributed by atoms with E-state index in [0.29, 0.717) is 19.1 Å². The van der Waals surface area contributed by atoms with Gasteiger partial charge in [0.2, 0.25) is 0 Å². The Kier molecular flexibility index (Phi) is 6.28. The lowest BCUT2D eigenvalue weighted by molar-refractivity contribution is -0.385. The molecule has 1 amide bonds. The number of nitro benzene ring substituents is 1. The molecule has 0 aliphatic carbocycles. The predicted molar refractivity (Wildman–Crippen MR) is 91.1 cm³/mol. The number of likely N-dealkylation sites (tertiary alicyclic amines) is 1. The normalized spacial score (nSPS) is 15.8. The molecular weight excluding hydrogens is 310 g/mol. The summed E-state index contributed by atoms with van der Waals surface area (Å²) < 4.78 is 0. The minimum absolute atomic E-state index is 0.132. The Labute approximate surface area is 142 Å². The Morgan fingerprint density at radius 1 is 1.42 bits per heavy atom. The van der Waals surface area contributed by atoms with Gasteiger partial charge in [0.1, 0.15) is 5.56 Å². The second kappa shape index (κ2) is 8.21. The molecular formula is C17H25N3O4. The van der Waals surface area contributed by atoms with Gasteiger partial charge in [-0.3, -0.25) is 14.9 Å². The number of aryl methyl sites for hydroxylation is 1. The van der Waals surface area contributed by atoms with Crippen molar-refractivity contribution in [2.45, 2.75) is 32.2 Å². The number of carbonyl (C=O) groups is 1. The molecule has 0 bridgehead atoms. The Morgan fingerprint density at radius 3 is 2.67 bits per heavy atom. The molecule has 1 heterocycles. The van der Waals surface area contributed by atoms with Gasteiger partial charge in [0.25, 0.3) is 11.6 Å². The van der Waals surface area contributed by atoms with E-state index in [1.54, 1.807) is 17.0 Å². The van der Waals surface area contributed by atoms with Crippen LogP contribution in [0.5, 0.6) is 0 Å². The van der Waals surface area contributed by atoms with Crippen LogP contribution >= 0.6 is 0 Å². The number of rotatable bonds is 6. The van der Waals surface area contributed by atoms with Gasteiger partial charge in [0.15, 0.2) is 0 Å². The monoisotopic (exact) mass is 335 g/mol. The average molecular weight is 335 g/mol. The summed E-state index contributed by atoms with van der Waals surface area (Å²) in [5, 5.41) is 20.1. The number of aliphatic hydroxyl groups is 1. The first-order valence-electron chi connectivity index (χ1n) is 8.29. The number of aliphatic hydroxyl groups excluding tert-OH is 1. The molecule has 7 heteroatoms. The fourth-order valence-electron chi connectivity index (χ4n) is 3.16. The highest BCUT2D eigenvalue weighted by molar-refractivity contribution is 5.98. The number of hydrogen-bond acceptors (Lipinski definition) is 5. The molecule has 0 unspecified atom stereocenters. The Morgan fingerprint density at radius 2 is 2.08 bits per heavy atom. The maximum Gasteiger partial charge on any atom is 0.282 e. The van der Waals surface area contributed by atoms with Gasteiger partial charge >= 0.3 is 0 Å². The van der Waals surface area contributed by atoms with E-state index in [-0.39, 0.29) is 23.8 Å². The van der Waals surface area contributed by atoms with Gasteiger partial charge in [0.05, 0.1) is 4.92 Å². The van der Waals surface area contributed by atoms with Gasteiger partial charge in [-0.2, -0.15) is 0 Å². The summed E-state index contributed by atoms with van der Waals surface area (Å²) in [5.74, 6) is -0.262. The van der Waals surface area contributed by atoms with Crippen molar-refractivity contribution in [1.29, 1.82) is 0 Å². The molecule has 1 aromatic rings. The minimum Gasteiger partial charge on any atom is -0.396 e. The van der Waals surface area contributed by atoms with E-state index in [9.17, 15) is 14.9 Å². The highest BCUT2D eigenvalue weighted by Crippen LogP contribution is 2.24. The van der Waals surface area contributed by atoms with Crippen molar-refractivity contribution in [3.05, 3.63) is 39.4 Å². The molecule has 0 saturated carbocycles. The van der Waals surface area contributed by atoms with Crippen molar-refractivity contribution >= 4 is 11.6 Å². The first-order chi connectivity index (χ1) is 11.4. The van der Waals surface area contributed by atoms with Crippen LogP contribution in [0.4, 0.5) is 5.69 Å². The fourth-order valence-corrected chi connectivity index (χ4v) is 3.16. The minimum atomic E-state index is -0.498. The zero-order valence-corrected chi connectivity index (χ0v) is 14.3. The summed E-state index contributed by atoms with van der Waals surface area (Å²) in [7, 11) is 2.03. The largest absolute Gasteiger partial charge is 0.396 e. The smallest absolute Gasteiger partial charge is 0.282 e. The molecule has 0 radical (unpaired) electrons. The lowest BCUT2D eigenvalue weighted by Gasteiger charge is -2.36. The molecule has 132 valence electrons. The van der Waals surface area contributed by atoms with Crippen LogP contribution in [0.1, 0.15) is 35.2 Å². The van der Waals surface area contributed by atoms with Crippen molar-refractivity contribution in [2.75, 3.05) is 33.3 Å². The highest BCUT2D eigenvalue weighted by atomic mass is 16.6. The van der Waals surface area contributed by atoms with Crippen molar-refractivity contribution in [2.24, 2.45) is 0 Å². The number of nitrogens with zero attached hydrogens (tertiary/aromatic N) is 3. The van der Waals surface area contributed by atoms with E-state index in [1.807, 2.05) is 14.0 Å². The van der Waals surface area contributed by atoms with Crippen LogP contribution in [0, 0.1) is 17.0 Å². The molecule has 7 nitrogen and oxygen atoms in total. The Balaban J connectivity index is 2.03. The molecule has 2 rings (SSSR count). The van der Waals surface area contributed by atoms with Gasteiger partial charge in [0, 0.05) is 38.3 Å². The molecule has 1 N–H and O–H groups in total. The van der Waals surface area contributed by atoms with Gasteiger partial charge in [-0.05, 0) is 44.9 Å². The highest BCUT2D eigenvalue weighted by Gasteiger charge is 2.29. The van der Waals surface area contributed by atoms with E-state index in [2.05, 4.69) is 4.90 Å². The zero-order valence-electron chi connectivity index (χ0n) is 14.3. The van der Waals surface area contributed by atoms with Crippen LogP contribution in [0.2, 0.25) is 0 Å². The van der Waals surface area contributed by atoms with Gasteiger partial charge < -0.3 is 14.9 Å². The number of carbonyl (C=O) groups excluding carboxylic acids is 1. The van der Waals surface area contributed by atoms with E-state index in [1.165, 1.54) is 6.07 Å². The molecule has 1 aromatic carbocycles. The average Bonchev–Trinajstić information content (AvgIpc) is 2.58. The summed E-state index contributed by atoms with van der Waals surface area (Å²) >= 11 is 0. The SMILES string of the molecule is Cc1ccc([N+](=O)[O-])c(C(=O)N2CCC(N(C)CCCO)CC2)c1. The zero-order chi connectivity index (χ0) is 17.7. The number of hydrogen-bond donors (Lipinski definition) is 1. The summed E-state index contributed by atoms with van der Waals surface area (Å²) in [5.41, 5.74) is 0.877. The summed E-state index contributed by atoms with van der Waals surface area (Å²) in [6.45, 7) is 4.02. The van der Waals surface area contributed by atoms with Crippen LogP contribution in [0.25, 0.3) is 0 Å². The number of amides is 1. The first-order valence-corrected chi connectivity index (χ1v) is 8.29. The third-order valence-electron chi connectivity index (χ3n) is 4.62. The van der Waals surface area contributed by atoms with Crippen LogP contribution < -0.4 is 0 Å². The molecule has 1 aliphatic rings. The maximum atomic E-state index is 12.7. The summed E-state index contributed by atoms with van der Waals surface area (Å²) in [6, 6.07) is 5.03. The van der Waals surface area contributed by atoms with Gasteiger partial charge in [-0.1, -0.05) is 6.07 Å². The molecule has 24 heavy (non-hydrogen) atoms. The third-order valence-corrected chi connectivity index (χ3v) is 4.62. The molecule has 1 fully saturated rings.